The molecule has 1 aromatic carbocycles. The van der Waals surface area contributed by atoms with E-state index in [1.807, 2.05) is 6.07 Å². The Bertz CT molecular complexity index is 847. The van der Waals surface area contributed by atoms with Crippen molar-refractivity contribution >= 4 is 23.3 Å². The van der Waals surface area contributed by atoms with E-state index in [9.17, 15) is 20.2 Å². The average molecular weight is 313 g/mol. The van der Waals surface area contributed by atoms with Gasteiger partial charge in [0.05, 0.1) is 28.7 Å². The van der Waals surface area contributed by atoms with Gasteiger partial charge in [-0.15, -0.1) is 0 Å². The Labute approximate surface area is 130 Å². The number of hydrogen-bond donors (Lipinski definition) is 1. The number of hydrogen-bond acceptors (Lipinski definition) is 7. The molecule has 1 N–H and O–H groups in total. The van der Waals surface area contributed by atoms with Crippen LogP contribution in [0.25, 0.3) is 11.6 Å². The van der Waals surface area contributed by atoms with Crippen LogP contribution >= 0.6 is 0 Å². The lowest BCUT2D eigenvalue weighted by atomic mass is 9.98. The van der Waals surface area contributed by atoms with Gasteiger partial charge in [0.15, 0.2) is 5.82 Å². The largest absolute Gasteiger partial charge is 0.465 e. The minimum atomic E-state index is -0.781. The van der Waals surface area contributed by atoms with Crippen molar-refractivity contribution in [2.45, 2.75) is 6.92 Å². The molecule has 0 amide bonds. The van der Waals surface area contributed by atoms with Crippen molar-refractivity contribution in [3.63, 3.8) is 0 Å². The topological polar surface area (TPSA) is 135 Å². The molecule has 2 aromatic rings. The van der Waals surface area contributed by atoms with Crippen LogP contribution < -0.4 is 0 Å². The lowest BCUT2D eigenvalue weighted by molar-refractivity contribution is -0.385. The molecule has 0 radical (unpaired) electrons. The van der Waals surface area contributed by atoms with Gasteiger partial charge >= 0.3 is 5.97 Å². The molecule has 0 aliphatic heterocycles. The maximum Gasteiger partial charge on any atom is 0.338 e. The Kier molecular flexibility index (Phi) is 4.47. The van der Waals surface area contributed by atoms with Gasteiger partial charge in [-0.2, -0.15) is 10.4 Å². The molecule has 9 nitrogen and oxygen atoms in total. The van der Waals surface area contributed by atoms with E-state index in [1.165, 1.54) is 24.3 Å². The van der Waals surface area contributed by atoms with Gasteiger partial charge in [0, 0.05) is 12.1 Å². The Morgan fingerprint density at radius 1 is 1.52 bits per heavy atom. The van der Waals surface area contributed by atoms with Gasteiger partial charge in [-0.3, -0.25) is 15.2 Å². The Balaban J connectivity index is 2.72. The highest BCUT2D eigenvalue weighted by atomic mass is 16.6. The average Bonchev–Trinajstić information content (AvgIpc) is 2.96. The highest BCUT2D eigenvalue weighted by Gasteiger charge is 2.25. The molecule has 0 aliphatic carbocycles. The van der Waals surface area contributed by atoms with Gasteiger partial charge in [-0.25, -0.2) is 9.78 Å². The number of carbonyl (C=O) groups is 1. The first-order valence-corrected chi connectivity index (χ1v) is 6.34. The normalized spacial score (nSPS) is 10.9. The van der Waals surface area contributed by atoms with Gasteiger partial charge in [0.25, 0.3) is 5.69 Å². The van der Waals surface area contributed by atoms with Gasteiger partial charge in [-0.05, 0) is 13.0 Å². The van der Waals surface area contributed by atoms with Crippen molar-refractivity contribution in [2.24, 2.45) is 0 Å². The Morgan fingerprint density at radius 2 is 2.26 bits per heavy atom. The third kappa shape index (κ3) is 3.21. The second-order valence-corrected chi connectivity index (χ2v) is 4.40. The predicted octanol–water partition coefficient (Wildman–Crippen LogP) is 1.87. The standard InChI is InChI=1S/C14H11N5O4/c1-8-16-12(18-17-8)6-9(7-15)13-10(14(20)23-2)4-3-5-11(13)19(21)22/h3-6H,1-2H3,(H,16,17,18). The number of rotatable bonds is 4. The number of aromatic amines is 1. The third-order valence-electron chi connectivity index (χ3n) is 2.92. The molecule has 9 heteroatoms. The van der Waals surface area contributed by atoms with Crippen LogP contribution in [-0.4, -0.2) is 33.2 Å². The zero-order valence-corrected chi connectivity index (χ0v) is 12.2. The highest BCUT2D eigenvalue weighted by molar-refractivity contribution is 6.03. The van der Waals surface area contributed by atoms with E-state index in [0.717, 1.165) is 7.11 Å². The van der Waals surface area contributed by atoms with E-state index >= 15 is 0 Å². The fourth-order valence-corrected chi connectivity index (χ4v) is 1.97. The van der Waals surface area contributed by atoms with E-state index in [1.54, 1.807) is 6.92 Å². The number of nitro groups is 1. The number of nitro benzene ring substituents is 1. The van der Waals surface area contributed by atoms with Crippen LogP contribution in [0.3, 0.4) is 0 Å². The fraction of sp³-hybridized carbons (Fsp3) is 0.143. The second-order valence-electron chi connectivity index (χ2n) is 4.40. The molecule has 1 heterocycles. The van der Waals surface area contributed by atoms with Crippen LogP contribution in [0.4, 0.5) is 5.69 Å². The molecule has 0 saturated heterocycles. The molecule has 116 valence electrons. The lowest BCUT2D eigenvalue weighted by Crippen LogP contribution is -2.07. The van der Waals surface area contributed by atoms with Crippen molar-refractivity contribution < 1.29 is 14.5 Å². The summed E-state index contributed by atoms with van der Waals surface area (Å²) in [5.74, 6) is -0.0895. The summed E-state index contributed by atoms with van der Waals surface area (Å²) in [6.07, 6.45) is 1.26. The number of benzene rings is 1. The molecule has 0 atom stereocenters. The molecule has 0 saturated carbocycles. The zero-order chi connectivity index (χ0) is 17.0. The second kappa shape index (κ2) is 6.48. The number of aryl methyl sites for hydroxylation is 1. The number of nitrogens with zero attached hydrogens (tertiary/aromatic N) is 4. The zero-order valence-electron chi connectivity index (χ0n) is 12.2. The summed E-state index contributed by atoms with van der Waals surface area (Å²) in [7, 11) is 1.15. The summed E-state index contributed by atoms with van der Waals surface area (Å²) < 4.78 is 4.63. The van der Waals surface area contributed by atoms with Crippen LogP contribution in [-0.2, 0) is 4.74 Å². The molecule has 0 aliphatic rings. The number of allylic oxidation sites excluding steroid dienone is 1. The molecule has 0 unspecified atom stereocenters. The molecule has 1 aromatic heterocycles. The molecule has 23 heavy (non-hydrogen) atoms. The number of esters is 1. The summed E-state index contributed by atoms with van der Waals surface area (Å²) in [5.41, 5.74) is -0.708. The van der Waals surface area contributed by atoms with Crippen molar-refractivity contribution in [1.29, 1.82) is 5.26 Å². The maximum absolute atomic E-state index is 11.9. The van der Waals surface area contributed by atoms with Crippen molar-refractivity contribution in [3.8, 4) is 6.07 Å². The monoisotopic (exact) mass is 313 g/mol. The van der Waals surface area contributed by atoms with E-state index in [2.05, 4.69) is 19.9 Å². The van der Waals surface area contributed by atoms with E-state index < -0.39 is 10.9 Å². The van der Waals surface area contributed by atoms with Crippen LogP contribution in [0.2, 0.25) is 0 Å². The SMILES string of the molecule is COC(=O)c1cccc([N+](=O)[O-])c1C(C#N)=Cc1n[nH]c(C)n1. The minimum absolute atomic E-state index is 0.0817. The van der Waals surface area contributed by atoms with Gasteiger partial charge < -0.3 is 4.74 Å². The van der Waals surface area contributed by atoms with Gasteiger partial charge in [-0.1, -0.05) is 6.07 Å². The fourth-order valence-electron chi connectivity index (χ4n) is 1.97. The Morgan fingerprint density at radius 3 is 2.78 bits per heavy atom. The molecule has 0 spiro atoms. The van der Waals surface area contributed by atoms with Gasteiger partial charge in [0.1, 0.15) is 11.9 Å². The van der Waals surface area contributed by atoms with E-state index in [4.69, 9.17) is 0 Å². The first kappa shape index (κ1) is 15.8. The summed E-state index contributed by atoms with van der Waals surface area (Å²) in [5, 5.41) is 27.1. The smallest absolute Gasteiger partial charge is 0.338 e. The molecule has 2 rings (SSSR count). The van der Waals surface area contributed by atoms with Gasteiger partial charge in [0.2, 0.25) is 0 Å². The van der Waals surface area contributed by atoms with Crippen molar-refractivity contribution in [2.75, 3.05) is 7.11 Å². The summed E-state index contributed by atoms with van der Waals surface area (Å²) >= 11 is 0. The summed E-state index contributed by atoms with van der Waals surface area (Å²) in [6, 6.07) is 5.75. The summed E-state index contributed by atoms with van der Waals surface area (Å²) in [6.45, 7) is 1.67. The maximum atomic E-state index is 11.9. The number of ether oxygens (including phenoxy) is 1. The number of aromatic nitrogens is 3. The molecule has 0 bridgehead atoms. The molecular weight excluding hydrogens is 302 g/mol. The molecule has 0 fully saturated rings. The predicted molar refractivity (Wildman–Crippen MR) is 79.0 cm³/mol. The quantitative estimate of drug-likeness (QED) is 0.394. The third-order valence-corrected chi connectivity index (χ3v) is 2.92. The van der Waals surface area contributed by atoms with E-state index in [-0.39, 0.29) is 28.2 Å². The van der Waals surface area contributed by atoms with Crippen LogP contribution in [0.15, 0.2) is 18.2 Å². The van der Waals surface area contributed by atoms with Crippen LogP contribution in [0.5, 0.6) is 0 Å². The minimum Gasteiger partial charge on any atom is -0.465 e. The van der Waals surface area contributed by atoms with Crippen molar-refractivity contribution in [1.82, 2.24) is 15.2 Å². The van der Waals surface area contributed by atoms with Crippen LogP contribution in [0.1, 0.15) is 27.6 Å². The van der Waals surface area contributed by atoms with Crippen molar-refractivity contribution in [3.05, 3.63) is 51.1 Å². The Hall–Kier alpha value is -3.54. The highest BCUT2D eigenvalue weighted by Crippen LogP contribution is 2.30. The van der Waals surface area contributed by atoms with E-state index in [0.29, 0.717) is 5.82 Å². The number of methoxy groups -OCH3 is 1. The number of H-pyrrole nitrogens is 1. The number of nitriles is 1. The number of carbonyl (C=O) groups excluding carboxylic acids is 1. The summed E-state index contributed by atoms with van der Waals surface area (Å²) in [4.78, 5) is 26.5. The van der Waals surface area contributed by atoms with Crippen LogP contribution in [0, 0.1) is 28.4 Å². The first-order valence-electron chi connectivity index (χ1n) is 6.34. The molecular formula is C14H11N5O4. The first-order chi connectivity index (χ1) is 11.0. The lowest BCUT2D eigenvalue weighted by Gasteiger charge is -2.07. The number of nitrogens with one attached hydrogen (secondary N) is 1.